The van der Waals surface area contributed by atoms with Crippen molar-refractivity contribution in [2.24, 2.45) is 0 Å². The highest BCUT2D eigenvalue weighted by molar-refractivity contribution is 7.11. The Morgan fingerprint density at radius 1 is 1.29 bits per heavy atom. The van der Waals surface area contributed by atoms with Crippen LogP contribution in [0.2, 0.25) is 0 Å². The number of carbonyl (C=O) groups is 1. The lowest BCUT2D eigenvalue weighted by atomic mass is 9.95. The molecule has 1 unspecified atom stereocenters. The number of hydrogen-bond donors (Lipinski definition) is 1. The van der Waals surface area contributed by atoms with Gasteiger partial charge in [-0.1, -0.05) is 25.1 Å². The lowest BCUT2D eigenvalue weighted by Crippen LogP contribution is -2.31. The fourth-order valence-electron chi connectivity index (χ4n) is 3.27. The zero-order valence-corrected chi connectivity index (χ0v) is 16.5. The van der Waals surface area contributed by atoms with E-state index in [1.807, 2.05) is 30.3 Å². The molecule has 1 atom stereocenters. The summed E-state index contributed by atoms with van der Waals surface area (Å²) < 4.78 is 11.6. The number of nitrogens with zero attached hydrogens (tertiary/aromatic N) is 1. The Hall–Kier alpha value is -2.86. The SMILES string of the molecule is CCCOc1cccc(-c2ccc3c(c2)C(NC(=O)c2cncs2)CCO3)c1. The first-order valence-corrected chi connectivity index (χ1v) is 10.3. The number of hydrogen-bond acceptors (Lipinski definition) is 5. The second-order valence-electron chi connectivity index (χ2n) is 6.66. The highest BCUT2D eigenvalue weighted by atomic mass is 32.1. The minimum Gasteiger partial charge on any atom is -0.494 e. The van der Waals surface area contributed by atoms with Crippen molar-refractivity contribution >= 4 is 17.2 Å². The Balaban J connectivity index is 1.60. The maximum Gasteiger partial charge on any atom is 0.263 e. The Bertz CT molecular complexity index is 956. The highest BCUT2D eigenvalue weighted by Crippen LogP contribution is 2.36. The van der Waals surface area contributed by atoms with Gasteiger partial charge in [0.25, 0.3) is 5.91 Å². The second-order valence-corrected chi connectivity index (χ2v) is 7.54. The Morgan fingerprint density at radius 2 is 2.18 bits per heavy atom. The molecule has 144 valence electrons. The van der Waals surface area contributed by atoms with E-state index in [9.17, 15) is 4.79 Å². The Morgan fingerprint density at radius 3 is 3.00 bits per heavy atom. The van der Waals surface area contributed by atoms with E-state index < -0.39 is 0 Å². The van der Waals surface area contributed by atoms with Crippen molar-refractivity contribution in [1.29, 1.82) is 0 Å². The van der Waals surface area contributed by atoms with Crippen LogP contribution >= 0.6 is 11.3 Å². The molecular formula is C22H22N2O3S. The third kappa shape index (κ3) is 4.02. The molecule has 1 aliphatic heterocycles. The minimum atomic E-state index is -0.0966. The van der Waals surface area contributed by atoms with Crippen molar-refractivity contribution in [3.63, 3.8) is 0 Å². The average molecular weight is 394 g/mol. The number of carbonyl (C=O) groups excluding carboxylic acids is 1. The number of nitrogens with one attached hydrogen (secondary N) is 1. The molecular weight excluding hydrogens is 372 g/mol. The van der Waals surface area contributed by atoms with Crippen LogP contribution in [0.3, 0.4) is 0 Å². The number of aromatic nitrogens is 1. The van der Waals surface area contributed by atoms with E-state index in [0.717, 1.165) is 41.0 Å². The van der Waals surface area contributed by atoms with Crippen LogP contribution in [0.1, 0.15) is 41.0 Å². The van der Waals surface area contributed by atoms with Gasteiger partial charge >= 0.3 is 0 Å². The first kappa shape index (κ1) is 18.5. The lowest BCUT2D eigenvalue weighted by Gasteiger charge is -2.27. The van der Waals surface area contributed by atoms with Gasteiger partial charge in [-0.05, 0) is 41.8 Å². The monoisotopic (exact) mass is 394 g/mol. The molecule has 1 amide bonds. The molecule has 1 N–H and O–H groups in total. The van der Waals surface area contributed by atoms with Gasteiger partial charge in [0.15, 0.2) is 0 Å². The average Bonchev–Trinajstić information content (AvgIpc) is 3.27. The largest absolute Gasteiger partial charge is 0.494 e. The summed E-state index contributed by atoms with van der Waals surface area (Å²) in [5.41, 5.74) is 4.82. The minimum absolute atomic E-state index is 0.0853. The molecule has 3 aromatic rings. The van der Waals surface area contributed by atoms with E-state index >= 15 is 0 Å². The molecule has 0 radical (unpaired) electrons. The van der Waals surface area contributed by atoms with Crippen LogP contribution in [0.4, 0.5) is 0 Å². The van der Waals surface area contributed by atoms with Crippen LogP contribution in [0, 0.1) is 0 Å². The molecule has 1 aliphatic rings. The molecule has 5 nitrogen and oxygen atoms in total. The normalized spacial score (nSPS) is 15.4. The van der Waals surface area contributed by atoms with Crippen LogP contribution in [-0.4, -0.2) is 24.1 Å². The first-order valence-electron chi connectivity index (χ1n) is 9.44. The second kappa shape index (κ2) is 8.44. The van der Waals surface area contributed by atoms with Crippen molar-refractivity contribution in [3.8, 4) is 22.6 Å². The molecule has 0 fully saturated rings. The summed E-state index contributed by atoms with van der Waals surface area (Å²) in [5.74, 6) is 1.59. The quantitative estimate of drug-likeness (QED) is 0.649. The summed E-state index contributed by atoms with van der Waals surface area (Å²) in [4.78, 5) is 17.1. The van der Waals surface area contributed by atoms with Gasteiger partial charge in [0.2, 0.25) is 0 Å². The van der Waals surface area contributed by atoms with Crippen LogP contribution in [0.25, 0.3) is 11.1 Å². The van der Waals surface area contributed by atoms with E-state index in [-0.39, 0.29) is 11.9 Å². The van der Waals surface area contributed by atoms with Crippen molar-refractivity contribution < 1.29 is 14.3 Å². The highest BCUT2D eigenvalue weighted by Gasteiger charge is 2.24. The number of fused-ring (bicyclic) bond motifs is 1. The molecule has 1 aromatic heterocycles. The predicted molar refractivity (Wildman–Crippen MR) is 110 cm³/mol. The van der Waals surface area contributed by atoms with E-state index in [2.05, 4.69) is 29.4 Å². The summed E-state index contributed by atoms with van der Waals surface area (Å²) in [6.07, 6.45) is 3.31. The Labute approximate surface area is 168 Å². The molecule has 6 heteroatoms. The lowest BCUT2D eigenvalue weighted by molar-refractivity contribution is 0.0928. The van der Waals surface area contributed by atoms with E-state index in [0.29, 0.717) is 18.1 Å². The molecule has 0 aliphatic carbocycles. The van der Waals surface area contributed by atoms with Crippen LogP contribution in [0.5, 0.6) is 11.5 Å². The van der Waals surface area contributed by atoms with Crippen molar-refractivity contribution in [1.82, 2.24) is 10.3 Å². The van der Waals surface area contributed by atoms with Crippen LogP contribution in [-0.2, 0) is 0 Å². The third-order valence-electron chi connectivity index (χ3n) is 4.65. The van der Waals surface area contributed by atoms with Gasteiger partial charge in [0.05, 0.1) is 31.0 Å². The van der Waals surface area contributed by atoms with E-state index in [1.54, 1.807) is 11.7 Å². The number of rotatable bonds is 6. The van der Waals surface area contributed by atoms with Crippen molar-refractivity contribution in [3.05, 3.63) is 64.6 Å². The van der Waals surface area contributed by atoms with Crippen molar-refractivity contribution in [2.45, 2.75) is 25.8 Å². The molecule has 0 saturated heterocycles. The zero-order valence-electron chi connectivity index (χ0n) is 15.7. The third-order valence-corrected chi connectivity index (χ3v) is 5.42. The number of amides is 1. The molecule has 0 saturated carbocycles. The van der Waals surface area contributed by atoms with Crippen LogP contribution in [0.15, 0.2) is 54.2 Å². The van der Waals surface area contributed by atoms with Gasteiger partial charge in [-0.2, -0.15) is 0 Å². The summed E-state index contributed by atoms with van der Waals surface area (Å²) in [6, 6.07) is 14.1. The number of benzene rings is 2. The van der Waals surface area contributed by atoms with E-state index in [1.165, 1.54) is 11.3 Å². The molecule has 4 rings (SSSR count). The van der Waals surface area contributed by atoms with Crippen LogP contribution < -0.4 is 14.8 Å². The zero-order chi connectivity index (χ0) is 19.3. The predicted octanol–water partition coefficient (Wildman–Crippen LogP) is 4.85. The van der Waals surface area contributed by atoms with E-state index in [4.69, 9.17) is 9.47 Å². The van der Waals surface area contributed by atoms with Crippen molar-refractivity contribution in [2.75, 3.05) is 13.2 Å². The summed E-state index contributed by atoms with van der Waals surface area (Å²) >= 11 is 1.34. The van der Waals surface area contributed by atoms with Gasteiger partial charge in [-0.15, -0.1) is 11.3 Å². The summed E-state index contributed by atoms with van der Waals surface area (Å²) in [7, 11) is 0. The molecule has 2 heterocycles. The molecule has 0 spiro atoms. The Kier molecular flexibility index (Phi) is 5.58. The molecule has 2 aromatic carbocycles. The standard InChI is InChI=1S/C22H22N2O3S/c1-2-9-26-17-5-3-4-15(11-17)16-6-7-20-18(12-16)19(8-10-27-20)24-22(25)21-13-23-14-28-21/h3-7,11-14,19H,2,8-10H2,1H3,(H,24,25). The van der Waals surface area contributed by atoms with Gasteiger partial charge in [0, 0.05) is 12.0 Å². The number of thiazole rings is 1. The maximum atomic E-state index is 12.5. The summed E-state index contributed by atoms with van der Waals surface area (Å²) in [5, 5.41) is 3.12. The van der Waals surface area contributed by atoms with Gasteiger partial charge in [-0.3, -0.25) is 9.78 Å². The van der Waals surface area contributed by atoms with Gasteiger partial charge < -0.3 is 14.8 Å². The van der Waals surface area contributed by atoms with Gasteiger partial charge in [-0.25, -0.2) is 0 Å². The first-order chi connectivity index (χ1) is 13.7. The summed E-state index contributed by atoms with van der Waals surface area (Å²) in [6.45, 7) is 3.38. The smallest absolute Gasteiger partial charge is 0.263 e. The molecule has 0 bridgehead atoms. The fraction of sp³-hybridized carbons (Fsp3) is 0.273. The van der Waals surface area contributed by atoms with Gasteiger partial charge in [0.1, 0.15) is 16.4 Å². The number of ether oxygens (including phenoxy) is 2. The topological polar surface area (TPSA) is 60.5 Å². The molecule has 28 heavy (non-hydrogen) atoms. The fourth-order valence-corrected chi connectivity index (χ4v) is 3.79. The maximum absolute atomic E-state index is 12.5.